The summed E-state index contributed by atoms with van der Waals surface area (Å²) in [4.78, 5) is 25.1. The zero-order valence-electron chi connectivity index (χ0n) is 13.4. The summed E-state index contributed by atoms with van der Waals surface area (Å²) in [5, 5.41) is 12.2. The molecule has 2 aromatic heterocycles. The van der Waals surface area contributed by atoms with E-state index in [4.69, 9.17) is 9.15 Å². The number of aromatic nitrogens is 2. The summed E-state index contributed by atoms with van der Waals surface area (Å²) in [5.41, 5.74) is 0.941. The summed E-state index contributed by atoms with van der Waals surface area (Å²) in [6.45, 7) is 3.44. The molecule has 128 valence electrons. The number of hydrogen-bond acceptors (Lipinski definition) is 8. The molecule has 0 atom stereocenters. The van der Waals surface area contributed by atoms with Crippen LogP contribution in [0.3, 0.4) is 0 Å². The van der Waals surface area contributed by atoms with Crippen molar-refractivity contribution in [2.24, 2.45) is 0 Å². The normalized spacial score (nSPS) is 16.2. The Bertz CT molecular complexity index is 690. The molecule has 0 spiro atoms. The molecule has 0 radical (unpaired) electrons. The molecule has 1 fully saturated rings. The van der Waals surface area contributed by atoms with Crippen molar-refractivity contribution in [2.75, 3.05) is 26.2 Å². The molecule has 1 aliphatic heterocycles. The Labute approximate surface area is 143 Å². The van der Waals surface area contributed by atoms with Gasteiger partial charge in [-0.3, -0.25) is 9.69 Å². The minimum Gasteiger partial charge on any atom is -0.460 e. The predicted octanol–water partition coefficient (Wildman–Crippen LogP) is 2.11. The molecule has 1 saturated heterocycles. The van der Waals surface area contributed by atoms with Gasteiger partial charge in [-0.1, -0.05) is 0 Å². The van der Waals surface area contributed by atoms with Crippen LogP contribution in [0, 0.1) is 0 Å². The number of carbonyl (C=O) groups excluding carboxylic acids is 2. The standard InChI is InChI=1S/C16H19N3O4S/c1-2-22-16(21)13(20)9-19-6-3-11(4-7-19)14-17-18-15(23-14)12-5-8-24-10-12/h5,8,10-11H,2-4,6-7,9H2,1H3. The van der Waals surface area contributed by atoms with Gasteiger partial charge in [0, 0.05) is 16.9 Å². The molecule has 0 unspecified atom stereocenters. The monoisotopic (exact) mass is 349 g/mol. The van der Waals surface area contributed by atoms with Crippen LogP contribution in [0.2, 0.25) is 0 Å². The molecule has 0 N–H and O–H groups in total. The minimum absolute atomic E-state index is 0.107. The van der Waals surface area contributed by atoms with Gasteiger partial charge < -0.3 is 9.15 Å². The molecule has 0 aliphatic carbocycles. The van der Waals surface area contributed by atoms with Crippen LogP contribution in [0.1, 0.15) is 31.6 Å². The quantitative estimate of drug-likeness (QED) is 0.583. The number of ketones is 1. The molecule has 7 nitrogen and oxygen atoms in total. The van der Waals surface area contributed by atoms with Gasteiger partial charge in [0.05, 0.1) is 13.2 Å². The van der Waals surface area contributed by atoms with E-state index < -0.39 is 11.8 Å². The fourth-order valence-corrected chi connectivity index (χ4v) is 3.35. The summed E-state index contributed by atoms with van der Waals surface area (Å²) in [6.07, 6.45) is 1.64. The number of esters is 1. The minimum atomic E-state index is -0.753. The molecule has 3 rings (SSSR count). The SMILES string of the molecule is CCOC(=O)C(=O)CN1CCC(c2nnc(-c3ccsc3)o2)CC1. The van der Waals surface area contributed by atoms with Gasteiger partial charge in [0.2, 0.25) is 11.8 Å². The van der Waals surface area contributed by atoms with Crippen molar-refractivity contribution in [2.45, 2.75) is 25.7 Å². The Kier molecular flexibility index (Phi) is 5.37. The maximum absolute atomic E-state index is 11.7. The van der Waals surface area contributed by atoms with Gasteiger partial charge in [0.1, 0.15) is 0 Å². The van der Waals surface area contributed by atoms with Crippen LogP contribution in [-0.4, -0.2) is 53.1 Å². The van der Waals surface area contributed by atoms with Gasteiger partial charge >= 0.3 is 5.97 Å². The van der Waals surface area contributed by atoms with Crippen molar-refractivity contribution in [3.05, 3.63) is 22.7 Å². The molecular weight excluding hydrogens is 330 g/mol. The number of nitrogens with zero attached hydrogens (tertiary/aromatic N) is 3. The van der Waals surface area contributed by atoms with Crippen molar-refractivity contribution in [1.82, 2.24) is 15.1 Å². The van der Waals surface area contributed by atoms with E-state index in [0.29, 0.717) is 24.9 Å². The van der Waals surface area contributed by atoms with E-state index in [2.05, 4.69) is 10.2 Å². The highest BCUT2D eigenvalue weighted by Gasteiger charge is 2.27. The van der Waals surface area contributed by atoms with Gasteiger partial charge in [-0.15, -0.1) is 10.2 Å². The number of thiophene rings is 1. The van der Waals surface area contributed by atoms with Crippen molar-refractivity contribution in [3.8, 4) is 11.5 Å². The number of rotatable bonds is 6. The number of carbonyl (C=O) groups is 2. The summed E-state index contributed by atoms with van der Waals surface area (Å²) >= 11 is 1.59. The molecule has 0 bridgehead atoms. The van der Waals surface area contributed by atoms with Crippen LogP contribution < -0.4 is 0 Å². The third-order valence-electron chi connectivity index (χ3n) is 4.02. The highest BCUT2D eigenvalue weighted by atomic mass is 32.1. The largest absolute Gasteiger partial charge is 0.460 e. The van der Waals surface area contributed by atoms with Gasteiger partial charge in [0.25, 0.3) is 5.78 Å². The fraction of sp³-hybridized carbons (Fsp3) is 0.500. The molecule has 24 heavy (non-hydrogen) atoms. The zero-order chi connectivity index (χ0) is 16.9. The van der Waals surface area contributed by atoms with E-state index in [1.165, 1.54) is 0 Å². The fourth-order valence-electron chi connectivity index (χ4n) is 2.72. The Hall–Kier alpha value is -2.06. The average Bonchev–Trinajstić information content (AvgIpc) is 3.27. The van der Waals surface area contributed by atoms with E-state index in [0.717, 1.165) is 18.4 Å². The number of hydrogen-bond donors (Lipinski definition) is 0. The Morgan fingerprint density at radius 3 is 2.83 bits per heavy atom. The van der Waals surface area contributed by atoms with Crippen LogP contribution in [0.5, 0.6) is 0 Å². The van der Waals surface area contributed by atoms with Gasteiger partial charge in [-0.05, 0) is 44.3 Å². The molecule has 1 aliphatic rings. The average molecular weight is 349 g/mol. The molecule has 0 amide bonds. The van der Waals surface area contributed by atoms with E-state index in [9.17, 15) is 9.59 Å². The summed E-state index contributed by atoms with van der Waals surface area (Å²) in [7, 11) is 0. The second-order valence-corrected chi connectivity index (χ2v) is 6.43. The Morgan fingerprint density at radius 1 is 1.38 bits per heavy atom. The lowest BCUT2D eigenvalue weighted by molar-refractivity contribution is -0.154. The molecule has 8 heteroatoms. The maximum atomic E-state index is 11.7. The lowest BCUT2D eigenvalue weighted by atomic mass is 9.97. The van der Waals surface area contributed by atoms with E-state index in [1.54, 1.807) is 18.3 Å². The van der Waals surface area contributed by atoms with Crippen molar-refractivity contribution in [1.29, 1.82) is 0 Å². The first kappa shape index (κ1) is 16.8. The first-order valence-electron chi connectivity index (χ1n) is 7.95. The van der Waals surface area contributed by atoms with E-state index >= 15 is 0 Å². The summed E-state index contributed by atoms with van der Waals surface area (Å²) in [5.74, 6) is 0.141. The van der Waals surface area contributed by atoms with Crippen molar-refractivity contribution >= 4 is 23.1 Å². The number of Topliss-reactive ketones (excluding diaryl/α,β-unsaturated/α-hetero) is 1. The molecule has 0 saturated carbocycles. The zero-order valence-corrected chi connectivity index (χ0v) is 14.3. The van der Waals surface area contributed by atoms with E-state index in [-0.39, 0.29) is 19.1 Å². The lowest BCUT2D eigenvalue weighted by Gasteiger charge is -2.29. The van der Waals surface area contributed by atoms with Crippen molar-refractivity contribution in [3.63, 3.8) is 0 Å². The Balaban J connectivity index is 1.52. The smallest absolute Gasteiger partial charge is 0.375 e. The number of piperidine rings is 1. The van der Waals surface area contributed by atoms with Crippen molar-refractivity contribution < 1.29 is 18.7 Å². The van der Waals surface area contributed by atoms with Gasteiger partial charge in [-0.25, -0.2) is 4.79 Å². The first-order valence-corrected chi connectivity index (χ1v) is 8.90. The van der Waals surface area contributed by atoms with Crippen LogP contribution in [0.25, 0.3) is 11.5 Å². The molecule has 0 aromatic carbocycles. The third-order valence-corrected chi connectivity index (χ3v) is 4.70. The lowest BCUT2D eigenvalue weighted by Crippen LogP contribution is -2.39. The number of ether oxygens (including phenoxy) is 1. The van der Waals surface area contributed by atoms with Gasteiger partial charge in [-0.2, -0.15) is 11.3 Å². The second-order valence-electron chi connectivity index (χ2n) is 5.65. The maximum Gasteiger partial charge on any atom is 0.375 e. The summed E-state index contributed by atoms with van der Waals surface area (Å²) in [6, 6.07) is 1.95. The van der Waals surface area contributed by atoms with Crippen LogP contribution in [0.4, 0.5) is 0 Å². The summed E-state index contributed by atoms with van der Waals surface area (Å²) < 4.78 is 10.5. The third kappa shape index (κ3) is 3.88. The van der Waals surface area contributed by atoms with Gasteiger partial charge in [0.15, 0.2) is 0 Å². The highest BCUT2D eigenvalue weighted by molar-refractivity contribution is 7.08. The predicted molar refractivity (Wildman–Crippen MR) is 87.7 cm³/mol. The first-order chi connectivity index (χ1) is 11.7. The second kappa shape index (κ2) is 7.67. The molecular formula is C16H19N3O4S. The van der Waals surface area contributed by atoms with E-state index in [1.807, 2.05) is 21.7 Å². The van der Waals surface area contributed by atoms with Crippen LogP contribution in [-0.2, 0) is 14.3 Å². The van der Waals surface area contributed by atoms with Crippen LogP contribution >= 0.6 is 11.3 Å². The topological polar surface area (TPSA) is 85.5 Å². The molecule has 2 aromatic rings. The Morgan fingerprint density at radius 2 is 2.17 bits per heavy atom. The number of likely N-dealkylation sites (tertiary alicyclic amines) is 1. The highest BCUT2D eigenvalue weighted by Crippen LogP contribution is 2.29. The van der Waals surface area contributed by atoms with Crippen LogP contribution in [0.15, 0.2) is 21.2 Å². The molecule has 3 heterocycles.